The summed E-state index contributed by atoms with van der Waals surface area (Å²) < 4.78 is 5.18. The third-order valence-corrected chi connectivity index (χ3v) is 3.96. The topological polar surface area (TPSA) is 26.3 Å². The van der Waals surface area contributed by atoms with E-state index in [1.165, 1.54) is 51.4 Å². The van der Waals surface area contributed by atoms with Crippen LogP contribution in [0.4, 0.5) is 0 Å². The van der Waals surface area contributed by atoms with Crippen molar-refractivity contribution in [1.29, 1.82) is 0 Å². The Morgan fingerprint density at radius 1 is 0.826 bits per heavy atom. The highest BCUT2D eigenvalue weighted by Crippen LogP contribution is 2.09. The molecule has 23 heavy (non-hydrogen) atoms. The summed E-state index contributed by atoms with van der Waals surface area (Å²) in [6.07, 6.45) is 22.8. The number of carbonyl (C=O) groups is 1. The maximum atomic E-state index is 11.3. The number of rotatable bonds is 17. The zero-order chi connectivity index (χ0) is 17.0. The van der Waals surface area contributed by atoms with E-state index in [2.05, 4.69) is 25.7 Å². The molecule has 0 spiro atoms. The van der Waals surface area contributed by atoms with Crippen LogP contribution in [0.25, 0.3) is 0 Å². The number of esters is 1. The molecule has 0 aliphatic heterocycles. The molecule has 2 heteroatoms. The lowest BCUT2D eigenvalue weighted by Crippen LogP contribution is -2.05. The molecule has 0 aromatic carbocycles. The van der Waals surface area contributed by atoms with Gasteiger partial charge in [0, 0.05) is 6.42 Å². The third-order valence-electron chi connectivity index (χ3n) is 3.96. The molecule has 0 heterocycles. The minimum Gasteiger partial charge on any atom is -0.466 e. The second kappa shape index (κ2) is 19.0. The number of carbonyl (C=O) groups excluding carboxylic acids is 1. The van der Waals surface area contributed by atoms with Crippen LogP contribution in [-0.4, -0.2) is 12.6 Å². The molecule has 0 aromatic rings. The molecule has 0 bridgehead atoms. The van der Waals surface area contributed by atoms with E-state index in [0.29, 0.717) is 13.0 Å². The van der Waals surface area contributed by atoms with E-state index in [0.717, 1.165) is 32.1 Å². The van der Waals surface area contributed by atoms with Gasteiger partial charge in [-0.25, -0.2) is 0 Å². The average Bonchev–Trinajstić information content (AvgIpc) is 2.56. The molecular formula is C21H38O2. The molecule has 0 atom stereocenters. The average molecular weight is 323 g/mol. The smallest absolute Gasteiger partial charge is 0.305 e. The standard InChI is InChI=1S/C21H38O2/c1-3-5-7-8-9-10-11-12-13-14-15-16-17-18-20-23-21(22)19-6-4-2/h3,14-15H,1,4-13,16-20H2,2H3. The first-order valence-corrected chi connectivity index (χ1v) is 9.72. The summed E-state index contributed by atoms with van der Waals surface area (Å²) in [4.78, 5) is 11.3. The normalized spacial score (nSPS) is 11.0. The fraction of sp³-hybridized carbons (Fsp3) is 0.762. The van der Waals surface area contributed by atoms with Crippen LogP contribution in [0.5, 0.6) is 0 Å². The molecule has 0 amide bonds. The lowest BCUT2D eigenvalue weighted by Gasteiger charge is -2.03. The first-order valence-electron chi connectivity index (χ1n) is 9.72. The van der Waals surface area contributed by atoms with Gasteiger partial charge in [-0.05, 0) is 51.4 Å². The Bertz CT molecular complexity index is 294. The van der Waals surface area contributed by atoms with Crippen LogP contribution in [0.1, 0.15) is 96.8 Å². The molecule has 0 aliphatic carbocycles. The Labute approximate surface area is 144 Å². The van der Waals surface area contributed by atoms with Gasteiger partial charge in [-0.15, -0.1) is 6.58 Å². The number of ether oxygens (including phenoxy) is 1. The summed E-state index contributed by atoms with van der Waals surface area (Å²) in [7, 11) is 0. The van der Waals surface area contributed by atoms with Crippen molar-refractivity contribution in [3.8, 4) is 0 Å². The third kappa shape index (κ3) is 18.9. The summed E-state index contributed by atoms with van der Waals surface area (Å²) in [6.45, 7) is 6.42. The first-order chi connectivity index (χ1) is 11.3. The first kappa shape index (κ1) is 21.9. The molecule has 0 aromatic heterocycles. The molecule has 2 nitrogen and oxygen atoms in total. The second-order valence-electron chi connectivity index (χ2n) is 6.28. The highest BCUT2D eigenvalue weighted by atomic mass is 16.5. The van der Waals surface area contributed by atoms with Gasteiger partial charge < -0.3 is 4.74 Å². The van der Waals surface area contributed by atoms with E-state index >= 15 is 0 Å². The van der Waals surface area contributed by atoms with Gasteiger partial charge in [-0.2, -0.15) is 0 Å². The van der Waals surface area contributed by atoms with Crippen molar-refractivity contribution in [1.82, 2.24) is 0 Å². The Morgan fingerprint density at radius 3 is 2.00 bits per heavy atom. The number of hydrogen-bond acceptors (Lipinski definition) is 2. The minimum atomic E-state index is -0.0353. The summed E-state index contributed by atoms with van der Waals surface area (Å²) in [5.41, 5.74) is 0. The number of hydrogen-bond donors (Lipinski definition) is 0. The van der Waals surface area contributed by atoms with Crippen molar-refractivity contribution in [3.05, 3.63) is 24.8 Å². The van der Waals surface area contributed by atoms with Gasteiger partial charge in [0.15, 0.2) is 0 Å². The van der Waals surface area contributed by atoms with Gasteiger partial charge in [-0.1, -0.05) is 57.3 Å². The highest BCUT2D eigenvalue weighted by Gasteiger charge is 2.00. The fourth-order valence-electron chi connectivity index (χ4n) is 2.44. The van der Waals surface area contributed by atoms with Gasteiger partial charge in [0.25, 0.3) is 0 Å². The molecule has 134 valence electrons. The molecule has 0 aliphatic rings. The maximum Gasteiger partial charge on any atom is 0.305 e. The highest BCUT2D eigenvalue weighted by molar-refractivity contribution is 5.69. The van der Waals surface area contributed by atoms with Crippen molar-refractivity contribution in [2.75, 3.05) is 6.61 Å². The van der Waals surface area contributed by atoms with Gasteiger partial charge >= 0.3 is 5.97 Å². The SMILES string of the molecule is C=CCCCCCCCCC=CCCCCOC(=O)CCCC. The van der Waals surface area contributed by atoms with Crippen molar-refractivity contribution in [3.63, 3.8) is 0 Å². The van der Waals surface area contributed by atoms with Gasteiger partial charge in [0.05, 0.1) is 6.61 Å². The molecule has 0 saturated carbocycles. The monoisotopic (exact) mass is 322 g/mol. The van der Waals surface area contributed by atoms with Crippen molar-refractivity contribution < 1.29 is 9.53 Å². The van der Waals surface area contributed by atoms with Crippen LogP contribution in [-0.2, 0) is 9.53 Å². The van der Waals surface area contributed by atoms with Crippen molar-refractivity contribution >= 4 is 5.97 Å². The second-order valence-corrected chi connectivity index (χ2v) is 6.28. The van der Waals surface area contributed by atoms with Gasteiger partial charge in [0.1, 0.15) is 0 Å². The van der Waals surface area contributed by atoms with Crippen LogP contribution < -0.4 is 0 Å². The lowest BCUT2D eigenvalue weighted by atomic mass is 10.1. The zero-order valence-corrected chi connectivity index (χ0v) is 15.4. The zero-order valence-electron chi connectivity index (χ0n) is 15.4. The molecule has 0 radical (unpaired) electrons. The van der Waals surface area contributed by atoms with E-state index in [1.54, 1.807) is 0 Å². The van der Waals surface area contributed by atoms with Crippen LogP contribution >= 0.6 is 0 Å². The van der Waals surface area contributed by atoms with Crippen molar-refractivity contribution in [2.24, 2.45) is 0 Å². The Morgan fingerprint density at radius 2 is 1.39 bits per heavy atom. The van der Waals surface area contributed by atoms with Crippen LogP contribution in [0.15, 0.2) is 24.8 Å². The number of allylic oxidation sites excluding steroid dienone is 3. The van der Waals surface area contributed by atoms with Crippen LogP contribution in [0, 0.1) is 0 Å². The number of unbranched alkanes of at least 4 members (excludes halogenated alkanes) is 10. The van der Waals surface area contributed by atoms with Gasteiger partial charge in [0.2, 0.25) is 0 Å². The molecular weight excluding hydrogens is 284 g/mol. The van der Waals surface area contributed by atoms with Crippen molar-refractivity contribution in [2.45, 2.75) is 96.8 Å². The summed E-state index contributed by atoms with van der Waals surface area (Å²) >= 11 is 0. The van der Waals surface area contributed by atoms with E-state index < -0.39 is 0 Å². The predicted octanol–water partition coefficient (Wildman–Crippen LogP) is 6.75. The predicted molar refractivity (Wildman–Crippen MR) is 101 cm³/mol. The summed E-state index contributed by atoms with van der Waals surface area (Å²) in [5, 5.41) is 0. The summed E-state index contributed by atoms with van der Waals surface area (Å²) in [6, 6.07) is 0. The summed E-state index contributed by atoms with van der Waals surface area (Å²) in [5.74, 6) is -0.0353. The maximum absolute atomic E-state index is 11.3. The molecule has 0 unspecified atom stereocenters. The van der Waals surface area contributed by atoms with E-state index in [-0.39, 0.29) is 5.97 Å². The Hall–Kier alpha value is -1.05. The van der Waals surface area contributed by atoms with Crippen LogP contribution in [0.3, 0.4) is 0 Å². The Kier molecular flexibility index (Phi) is 18.1. The largest absolute Gasteiger partial charge is 0.466 e. The molecule has 0 saturated heterocycles. The van der Waals surface area contributed by atoms with E-state index in [1.807, 2.05) is 6.08 Å². The molecule has 0 rings (SSSR count). The minimum absolute atomic E-state index is 0.0353. The van der Waals surface area contributed by atoms with E-state index in [4.69, 9.17) is 4.74 Å². The van der Waals surface area contributed by atoms with E-state index in [9.17, 15) is 4.79 Å². The molecule has 0 N–H and O–H groups in total. The van der Waals surface area contributed by atoms with Gasteiger partial charge in [-0.3, -0.25) is 4.79 Å². The molecule has 0 fully saturated rings. The van der Waals surface area contributed by atoms with Crippen LogP contribution in [0.2, 0.25) is 0 Å². The lowest BCUT2D eigenvalue weighted by molar-refractivity contribution is -0.143. The Balaban J connectivity index is 3.17. The fourth-order valence-corrected chi connectivity index (χ4v) is 2.44. The quantitative estimate of drug-likeness (QED) is 0.168.